The number of ether oxygens (including phenoxy) is 2. The van der Waals surface area contributed by atoms with Crippen LogP contribution in [0.25, 0.3) is 11.3 Å². The first-order valence-electron chi connectivity index (χ1n) is 9.65. The Bertz CT molecular complexity index is 1190. The van der Waals surface area contributed by atoms with Crippen LogP contribution >= 0.6 is 11.6 Å². The molecular weight excluding hydrogens is 418 g/mol. The first-order chi connectivity index (χ1) is 14.7. The Morgan fingerprint density at radius 1 is 1.06 bits per heavy atom. The topological polar surface area (TPSA) is 82.4 Å². The highest BCUT2D eigenvalue weighted by molar-refractivity contribution is 6.32. The normalized spacial score (nSPS) is 11.7. The molecule has 7 nitrogen and oxygen atoms in total. The molecule has 0 aliphatic carbocycles. The van der Waals surface area contributed by atoms with Crippen molar-refractivity contribution in [1.29, 1.82) is 0 Å². The van der Waals surface area contributed by atoms with E-state index in [1.807, 2.05) is 32.0 Å². The Morgan fingerprint density at radius 3 is 2.45 bits per heavy atom. The summed E-state index contributed by atoms with van der Waals surface area (Å²) in [6, 6.07) is 11.3. The second-order valence-corrected chi connectivity index (χ2v) is 7.58. The molecule has 0 bridgehead atoms. The van der Waals surface area contributed by atoms with E-state index in [-0.39, 0.29) is 5.56 Å². The Balaban J connectivity index is 1.94. The van der Waals surface area contributed by atoms with Crippen LogP contribution in [0.15, 0.2) is 47.3 Å². The number of carbonyl (C=O) groups is 1. The van der Waals surface area contributed by atoms with Gasteiger partial charge in [0.25, 0.3) is 5.56 Å². The van der Waals surface area contributed by atoms with Gasteiger partial charge in [0.2, 0.25) is 5.91 Å². The number of nitrogens with one attached hydrogen (secondary N) is 1. The number of methoxy groups -OCH3 is 2. The van der Waals surface area contributed by atoms with Crippen molar-refractivity contribution in [3.05, 3.63) is 69.0 Å². The molecule has 1 aromatic heterocycles. The lowest BCUT2D eigenvalue weighted by molar-refractivity contribution is -0.119. The fourth-order valence-corrected chi connectivity index (χ4v) is 3.40. The Labute approximate surface area is 185 Å². The summed E-state index contributed by atoms with van der Waals surface area (Å²) in [5, 5.41) is 7.53. The minimum atomic E-state index is -0.872. The maximum absolute atomic E-state index is 12.9. The minimum absolute atomic E-state index is 0.318. The third-order valence-electron chi connectivity index (χ3n) is 4.97. The molecule has 3 rings (SSSR count). The monoisotopic (exact) mass is 441 g/mol. The molecule has 0 radical (unpaired) electrons. The Morgan fingerprint density at radius 2 is 1.77 bits per heavy atom. The number of nitrogens with zero attached hydrogens (tertiary/aromatic N) is 2. The van der Waals surface area contributed by atoms with Crippen LogP contribution in [0.4, 0.5) is 5.69 Å². The molecule has 1 amide bonds. The van der Waals surface area contributed by atoms with Crippen LogP contribution in [0.2, 0.25) is 5.02 Å². The summed E-state index contributed by atoms with van der Waals surface area (Å²) < 4.78 is 11.7. The lowest BCUT2D eigenvalue weighted by atomic mass is 10.0. The van der Waals surface area contributed by atoms with Crippen LogP contribution in [-0.2, 0) is 4.79 Å². The van der Waals surface area contributed by atoms with Crippen LogP contribution < -0.4 is 20.3 Å². The number of aryl methyl sites for hydroxylation is 2. The molecule has 162 valence electrons. The van der Waals surface area contributed by atoms with Crippen molar-refractivity contribution in [2.45, 2.75) is 26.8 Å². The fourth-order valence-electron chi connectivity index (χ4n) is 3.16. The predicted molar refractivity (Wildman–Crippen MR) is 121 cm³/mol. The van der Waals surface area contributed by atoms with E-state index in [1.165, 1.54) is 31.0 Å². The van der Waals surface area contributed by atoms with Crippen LogP contribution in [0.5, 0.6) is 11.5 Å². The van der Waals surface area contributed by atoms with Crippen LogP contribution in [-0.4, -0.2) is 29.9 Å². The first kappa shape index (κ1) is 22.4. The van der Waals surface area contributed by atoms with Crippen molar-refractivity contribution < 1.29 is 14.3 Å². The number of rotatable bonds is 6. The Kier molecular flexibility index (Phi) is 6.65. The van der Waals surface area contributed by atoms with E-state index < -0.39 is 11.9 Å². The van der Waals surface area contributed by atoms with Crippen LogP contribution in [0.3, 0.4) is 0 Å². The second kappa shape index (κ2) is 9.22. The number of amides is 1. The molecule has 0 saturated carbocycles. The standard InChI is InChI=1S/C23H24ClN3O4/c1-13-6-7-14(2)16(10-13)18-8-9-22(28)27(26-18)15(3)23(29)25-19-11-17(24)20(30-4)12-21(19)31-5/h6-12,15H,1-5H3,(H,25,29). The maximum Gasteiger partial charge on any atom is 0.267 e. The van der Waals surface area contributed by atoms with Gasteiger partial charge >= 0.3 is 0 Å². The Hall–Kier alpha value is -3.32. The van der Waals surface area contributed by atoms with E-state index in [1.54, 1.807) is 19.1 Å². The highest BCUT2D eigenvalue weighted by atomic mass is 35.5. The highest BCUT2D eigenvalue weighted by Crippen LogP contribution is 2.36. The summed E-state index contributed by atoms with van der Waals surface area (Å²) in [4.78, 5) is 25.4. The van der Waals surface area contributed by atoms with Gasteiger partial charge in [0.15, 0.2) is 0 Å². The second-order valence-electron chi connectivity index (χ2n) is 7.17. The molecule has 3 aromatic rings. The smallest absolute Gasteiger partial charge is 0.267 e. The van der Waals surface area contributed by atoms with Gasteiger partial charge in [-0.1, -0.05) is 29.3 Å². The third-order valence-corrected chi connectivity index (χ3v) is 5.27. The van der Waals surface area contributed by atoms with Gasteiger partial charge in [-0.3, -0.25) is 9.59 Å². The number of carbonyl (C=O) groups excluding carboxylic acids is 1. The lowest BCUT2D eigenvalue weighted by Gasteiger charge is -2.17. The number of aromatic nitrogens is 2. The molecule has 0 spiro atoms. The highest BCUT2D eigenvalue weighted by Gasteiger charge is 2.21. The van der Waals surface area contributed by atoms with Crippen LogP contribution in [0.1, 0.15) is 24.1 Å². The van der Waals surface area contributed by atoms with Crippen molar-refractivity contribution >= 4 is 23.2 Å². The van der Waals surface area contributed by atoms with Gasteiger partial charge in [-0.25, -0.2) is 4.68 Å². The molecule has 31 heavy (non-hydrogen) atoms. The summed E-state index contributed by atoms with van der Waals surface area (Å²) in [5.74, 6) is 0.363. The van der Waals surface area contributed by atoms with Crippen molar-refractivity contribution in [2.75, 3.05) is 19.5 Å². The quantitative estimate of drug-likeness (QED) is 0.613. The van der Waals surface area contributed by atoms with Gasteiger partial charge in [0, 0.05) is 17.7 Å². The number of halogens is 1. The largest absolute Gasteiger partial charge is 0.495 e. The van der Waals surface area contributed by atoms with Crippen molar-refractivity contribution in [3.8, 4) is 22.8 Å². The molecule has 0 aliphatic rings. The SMILES string of the molecule is COc1cc(OC)c(NC(=O)C(C)n2nc(-c3cc(C)ccc3C)ccc2=O)cc1Cl. The summed E-state index contributed by atoms with van der Waals surface area (Å²) in [6.07, 6.45) is 0. The zero-order valence-corrected chi connectivity index (χ0v) is 18.8. The molecule has 1 N–H and O–H groups in total. The number of anilines is 1. The van der Waals surface area contributed by atoms with E-state index in [9.17, 15) is 9.59 Å². The summed E-state index contributed by atoms with van der Waals surface area (Å²) >= 11 is 6.18. The molecule has 0 aliphatic heterocycles. The van der Waals surface area contributed by atoms with E-state index in [4.69, 9.17) is 21.1 Å². The van der Waals surface area contributed by atoms with Gasteiger partial charge in [0.1, 0.15) is 17.5 Å². The number of benzene rings is 2. The fraction of sp³-hybridized carbons (Fsp3) is 0.261. The van der Waals surface area contributed by atoms with Gasteiger partial charge in [-0.15, -0.1) is 0 Å². The van der Waals surface area contributed by atoms with E-state index in [0.29, 0.717) is 27.9 Å². The molecule has 8 heteroatoms. The number of hydrogen-bond donors (Lipinski definition) is 1. The van der Waals surface area contributed by atoms with E-state index in [0.717, 1.165) is 16.7 Å². The van der Waals surface area contributed by atoms with Crippen molar-refractivity contribution in [1.82, 2.24) is 9.78 Å². The van der Waals surface area contributed by atoms with Gasteiger partial charge in [-0.2, -0.15) is 5.10 Å². The summed E-state index contributed by atoms with van der Waals surface area (Å²) in [6.45, 7) is 5.57. The van der Waals surface area contributed by atoms with Gasteiger partial charge < -0.3 is 14.8 Å². The first-order valence-corrected chi connectivity index (χ1v) is 10.0. The van der Waals surface area contributed by atoms with Crippen molar-refractivity contribution in [3.63, 3.8) is 0 Å². The molecule has 0 fully saturated rings. The van der Waals surface area contributed by atoms with E-state index >= 15 is 0 Å². The average Bonchev–Trinajstić information content (AvgIpc) is 2.75. The molecular formula is C23H24ClN3O4. The average molecular weight is 442 g/mol. The van der Waals surface area contributed by atoms with E-state index in [2.05, 4.69) is 10.4 Å². The maximum atomic E-state index is 12.9. The summed E-state index contributed by atoms with van der Waals surface area (Å²) in [7, 11) is 2.96. The molecule has 1 unspecified atom stereocenters. The minimum Gasteiger partial charge on any atom is -0.495 e. The van der Waals surface area contributed by atoms with Crippen molar-refractivity contribution in [2.24, 2.45) is 0 Å². The molecule has 2 aromatic carbocycles. The predicted octanol–water partition coefficient (Wildman–Crippen LogP) is 4.40. The van der Waals surface area contributed by atoms with Gasteiger partial charge in [0.05, 0.1) is 30.6 Å². The lowest BCUT2D eigenvalue weighted by Crippen LogP contribution is -2.33. The summed E-state index contributed by atoms with van der Waals surface area (Å²) in [5.41, 5.74) is 3.61. The molecule has 1 atom stereocenters. The molecule has 1 heterocycles. The molecule has 0 saturated heterocycles. The van der Waals surface area contributed by atoms with Crippen LogP contribution in [0, 0.1) is 13.8 Å². The third kappa shape index (κ3) is 4.72. The number of hydrogen-bond acceptors (Lipinski definition) is 5. The zero-order valence-electron chi connectivity index (χ0n) is 18.0. The van der Waals surface area contributed by atoms with Gasteiger partial charge in [-0.05, 0) is 44.5 Å². The zero-order chi connectivity index (χ0) is 22.7.